The number of carboxylic acid groups (broad SMARTS) is 1. The molecule has 0 saturated carbocycles. The van der Waals surface area contributed by atoms with Crippen LogP contribution in [-0.4, -0.2) is 11.1 Å². The van der Waals surface area contributed by atoms with Gasteiger partial charge < -0.3 is 15.2 Å². The Labute approximate surface area is 203 Å². The van der Waals surface area contributed by atoms with Crippen LogP contribution in [0.25, 0.3) is 0 Å². The molecule has 4 aromatic rings. The van der Waals surface area contributed by atoms with Gasteiger partial charge in [-0.15, -0.1) is 0 Å². The highest BCUT2D eigenvalue weighted by atomic mass is 35.5. The molecule has 0 spiro atoms. The number of nitrogens with one attached hydrogen (secondary N) is 1. The van der Waals surface area contributed by atoms with Gasteiger partial charge in [0.05, 0.1) is 15.7 Å². The summed E-state index contributed by atoms with van der Waals surface area (Å²) in [5.41, 5.74) is 4.05. The highest BCUT2D eigenvalue weighted by Gasteiger charge is 2.06. The van der Waals surface area contributed by atoms with Crippen molar-refractivity contribution < 1.29 is 14.6 Å². The van der Waals surface area contributed by atoms with Gasteiger partial charge in [0.25, 0.3) is 5.97 Å². The first-order valence-electron chi connectivity index (χ1n) is 10.2. The van der Waals surface area contributed by atoms with Crippen molar-refractivity contribution in [2.24, 2.45) is 0 Å². The molecule has 0 atom stereocenters. The van der Waals surface area contributed by atoms with Crippen LogP contribution in [0, 0.1) is 0 Å². The van der Waals surface area contributed by atoms with Crippen LogP contribution in [0.1, 0.15) is 18.1 Å². The van der Waals surface area contributed by atoms with Crippen LogP contribution in [0.2, 0.25) is 10.0 Å². The van der Waals surface area contributed by atoms with Crippen LogP contribution >= 0.6 is 23.2 Å². The Balaban J connectivity index is 0.000000709. The lowest BCUT2D eigenvalue weighted by Crippen LogP contribution is -1.94. The molecule has 33 heavy (non-hydrogen) atoms. The molecule has 0 radical (unpaired) electrons. The third-order valence-corrected chi connectivity index (χ3v) is 5.10. The summed E-state index contributed by atoms with van der Waals surface area (Å²) in [5, 5.41) is 11.9. The SMILES string of the molecule is CC(=O)O.Clc1cccc(Cl)c1Nc1ccc(Cc2cccc(Oc3ccccc3)c2)cc1. The standard InChI is InChI=1S/C25H19Cl2NO.C2H4O2/c26-23-10-5-11-24(27)25(23)28-20-14-12-18(13-15-20)16-19-6-4-9-22(17-19)29-21-7-2-1-3-8-21;1-2(3)4/h1-15,17,28H,16H2;1H3,(H,3,4). The molecule has 0 bridgehead atoms. The summed E-state index contributed by atoms with van der Waals surface area (Å²) in [6.07, 6.45) is 0.819. The first-order chi connectivity index (χ1) is 15.9. The summed E-state index contributed by atoms with van der Waals surface area (Å²) >= 11 is 12.5. The van der Waals surface area contributed by atoms with E-state index >= 15 is 0 Å². The van der Waals surface area contributed by atoms with Gasteiger partial charge in [-0.1, -0.05) is 71.7 Å². The Kier molecular flexibility index (Phi) is 8.76. The zero-order chi connectivity index (χ0) is 23.6. The quantitative estimate of drug-likeness (QED) is 0.292. The Bertz CT molecular complexity index is 1170. The number of hydrogen-bond donors (Lipinski definition) is 2. The Morgan fingerprint density at radius 1 is 0.788 bits per heavy atom. The van der Waals surface area contributed by atoms with Crippen molar-refractivity contribution in [3.63, 3.8) is 0 Å². The topological polar surface area (TPSA) is 58.6 Å². The minimum absolute atomic E-state index is 0.594. The van der Waals surface area contributed by atoms with Gasteiger partial charge in [0, 0.05) is 12.6 Å². The van der Waals surface area contributed by atoms with Gasteiger partial charge in [-0.25, -0.2) is 0 Å². The molecule has 0 heterocycles. The summed E-state index contributed by atoms with van der Waals surface area (Å²) in [7, 11) is 0. The minimum Gasteiger partial charge on any atom is -0.481 e. The van der Waals surface area contributed by atoms with E-state index in [1.165, 1.54) is 11.1 Å². The lowest BCUT2D eigenvalue weighted by atomic mass is 10.0. The molecular formula is C27H23Cl2NO3. The molecule has 4 nitrogen and oxygen atoms in total. The maximum absolute atomic E-state index is 9.00. The van der Waals surface area contributed by atoms with Gasteiger partial charge in [-0.3, -0.25) is 4.79 Å². The molecule has 0 fully saturated rings. The van der Waals surface area contributed by atoms with Crippen LogP contribution in [0.5, 0.6) is 11.5 Å². The number of rotatable bonds is 6. The molecule has 4 aromatic carbocycles. The lowest BCUT2D eigenvalue weighted by molar-refractivity contribution is -0.134. The molecule has 0 aliphatic heterocycles. The van der Waals surface area contributed by atoms with Gasteiger partial charge >= 0.3 is 0 Å². The van der Waals surface area contributed by atoms with E-state index in [9.17, 15) is 0 Å². The van der Waals surface area contributed by atoms with Gasteiger partial charge in [0.1, 0.15) is 11.5 Å². The molecule has 0 saturated heterocycles. The fraction of sp³-hybridized carbons (Fsp3) is 0.0741. The number of aliphatic carboxylic acids is 1. The van der Waals surface area contributed by atoms with Crippen molar-refractivity contribution >= 4 is 40.5 Å². The van der Waals surface area contributed by atoms with E-state index in [0.29, 0.717) is 15.7 Å². The Hall–Kier alpha value is -3.47. The average molecular weight is 480 g/mol. The van der Waals surface area contributed by atoms with E-state index in [2.05, 4.69) is 29.6 Å². The Morgan fingerprint density at radius 3 is 2.00 bits per heavy atom. The molecule has 0 amide bonds. The molecule has 6 heteroatoms. The number of carbonyl (C=O) groups is 1. The number of benzene rings is 4. The number of anilines is 2. The monoisotopic (exact) mass is 479 g/mol. The molecule has 2 N–H and O–H groups in total. The van der Waals surface area contributed by atoms with Crippen molar-refractivity contribution in [2.75, 3.05) is 5.32 Å². The molecular weight excluding hydrogens is 457 g/mol. The number of halogens is 2. The second-order valence-electron chi connectivity index (χ2n) is 7.18. The fourth-order valence-electron chi connectivity index (χ4n) is 3.05. The van der Waals surface area contributed by atoms with E-state index in [1.807, 2.05) is 72.8 Å². The predicted molar refractivity (Wildman–Crippen MR) is 135 cm³/mol. The first kappa shape index (κ1) is 24.2. The number of hydrogen-bond acceptors (Lipinski definition) is 3. The summed E-state index contributed by atoms with van der Waals surface area (Å²) in [6, 6.07) is 31.7. The zero-order valence-electron chi connectivity index (χ0n) is 18.0. The smallest absolute Gasteiger partial charge is 0.300 e. The summed E-state index contributed by atoms with van der Waals surface area (Å²) in [4.78, 5) is 9.00. The summed E-state index contributed by atoms with van der Waals surface area (Å²) in [5.74, 6) is 0.832. The van der Waals surface area contributed by atoms with E-state index in [4.69, 9.17) is 37.8 Å². The summed E-state index contributed by atoms with van der Waals surface area (Å²) < 4.78 is 5.93. The van der Waals surface area contributed by atoms with E-state index < -0.39 is 5.97 Å². The van der Waals surface area contributed by atoms with Crippen LogP contribution in [-0.2, 0) is 11.2 Å². The second-order valence-corrected chi connectivity index (χ2v) is 7.99. The predicted octanol–water partition coefficient (Wildman–Crippen LogP) is 8.21. The maximum atomic E-state index is 9.00. The molecule has 0 aliphatic rings. The van der Waals surface area contributed by atoms with Gasteiger partial charge in [-0.05, 0) is 66.1 Å². The summed E-state index contributed by atoms with van der Waals surface area (Å²) in [6.45, 7) is 1.08. The van der Waals surface area contributed by atoms with Crippen molar-refractivity contribution in [1.29, 1.82) is 0 Å². The van der Waals surface area contributed by atoms with Gasteiger partial charge in [-0.2, -0.15) is 0 Å². The van der Waals surface area contributed by atoms with Crippen molar-refractivity contribution in [3.8, 4) is 11.5 Å². The fourth-order valence-corrected chi connectivity index (χ4v) is 3.54. The number of para-hydroxylation sites is 2. The Morgan fingerprint density at radius 2 is 1.36 bits per heavy atom. The van der Waals surface area contributed by atoms with Crippen molar-refractivity contribution in [2.45, 2.75) is 13.3 Å². The normalized spacial score (nSPS) is 10.0. The van der Waals surface area contributed by atoms with E-state index in [1.54, 1.807) is 0 Å². The van der Waals surface area contributed by atoms with E-state index in [-0.39, 0.29) is 0 Å². The van der Waals surface area contributed by atoms with Crippen LogP contribution in [0.15, 0.2) is 97.1 Å². The number of ether oxygens (including phenoxy) is 1. The van der Waals surface area contributed by atoms with Crippen LogP contribution < -0.4 is 10.1 Å². The molecule has 4 rings (SSSR count). The van der Waals surface area contributed by atoms with Gasteiger partial charge in [0.15, 0.2) is 0 Å². The van der Waals surface area contributed by atoms with Crippen LogP contribution in [0.3, 0.4) is 0 Å². The molecule has 168 valence electrons. The molecule has 0 aliphatic carbocycles. The lowest BCUT2D eigenvalue weighted by Gasteiger charge is -2.11. The van der Waals surface area contributed by atoms with E-state index in [0.717, 1.165) is 30.5 Å². The van der Waals surface area contributed by atoms with Crippen molar-refractivity contribution in [3.05, 3.63) is 118 Å². The average Bonchev–Trinajstić information content (AvgIpc) is 2.78. The number of carboxylic acids is 1. The first-order valence-corrected chi connectivity index (χ1v) is 11.0. The maximum Gasteiger partial charge on any atom is 0.300 e. The molecule has 0 unspecified atom stereocenters. The molecule has 0 aromatic heterocycles. The largest absolute Gasteiger partial charge is 0.481 e. The minimum atomic E-state index is -0.833. The van der Waals surface area contributed by atoms with Crippen molar-refractivity contribution in [1.82, 2.24) is 0 Å². The highest BCUT2D eigenvalue weighted by molar-refractivity contribution is 6.39. The van der Waals surface area contributed by atoms with Crippen LogP contribution in [0.4, 0.5) is 11.4 Å². The van der Waals surface area contributed by atoms with Gasteiger partial charge in [0.2, 0.25) is 0 Å². The third-order valence-electron chi connectivity index (χ3n) is 4.47. The second kappa shape index (κ2) is 12.0. The highest BCUT2D eigenvalue weighted by Crippen LogP contribution is 2.32. The third kappa shape index (κ3) is 7.86. The zero-order valence-corrected chi connectivity index (χ0v) is 19.5.